The Morgan fingerprint density at radius 1 is 1.47 bits per heavy atom. The number of amides is 1. The molecule has 7 heteroatoms. The number of benzene rings is 1. The van der Waals surface area contributed by atoms with Gasteiger partial charge in [0.05, 0.1) is 18.0 Å². The molecule has 1 unspecified atom stereocenters. The molecule has 2 heterocycles. The Morgan fingerprint density at radius 2 is 2.32 bits per heavy atom. The molecule has 98 valence electrons. The van der Waals surface area contributed by atoms with Crippen LogP contribution < -0.4 is 5.32 Å². The lowest BCUT2D eigenvalue weighted by Gasteiger charge is -2.10. The maximum atomic E-state index is 11.0. The van der Waals surface area contributed by atoms with Gasteiger partial charge in [-0.25, -0.2) is 4.79 Å². The Bertz CT molecular complexity index is 664. The number of carbonyl (C=O) groups excluding carboxylic acids is 1. The molecular formula is C12H11N3O4. The maximum absolute atomic E-state index is 11.0. The summed E-state index contributed by atoms with van der Waals surface area (Å²) in [4.78, 5) is 21.6. The van der Waals surface area contributed by atoms with Gasteiger partial charge in [0.25, 0.3) is 5.69 Å². The second-order valence-corrected chi connectivity index (χ2v) is 4.35. The molecule has 3 rings (SSSR count). The van der Waals surface area contributed by atoms with Crippen LogP contribution in [0, 0.1) is 10.1 Å². The zero-order valence-electron chi connectivity index (χ0n) is 9.91. The number of nitro groups is 1. The average molecular weight is 261 g/mol. The summed E-state index contributed by atoms with van der Waals surface area (Å²) in [6.07, 6.45) is 1.02. The van der Waals surface area contributed by atoms with Crippen molar-refractivity contribution in [1.29, 1.82) is 0 Å². The lowest BCUT2D eigenvalue weighted by atomic mass is 10.2. The third-order valence-electron chi connectivity index (χ3n) is 3.11. The van der Waals surface area contributed by atoms with Crippen molar-refractivity contribution >= 4 is 22.7 Å². The number of rotatable bonds is 3. The lowest BCUT2D eigenvalue weighted by molar-refractivity contribution is -0.383. The standard InChI is InChI=1S/C12H11N3O4/c16-12-13-6-9(19-12)7-14-5-4-8-2-1-3-10(11(8)14)15(17)18/h1-5,9H,6-7H2,(H,13,16). The Labute approximate surface area is 107 Å². The molecule has 1 aliphatic rings. The summed E-state index contributed by atoms with van der Waals surface area (Å²) < 4.78 is 6.79. The van der Waals surface area contributed by atoms with Crippen molar-refractivity contribution in [2.45, 2.75) is 12.6 Å². The quantitative estimate of drug-likeness (QED) is 0.672. The molecule has 1 aromatic heterocycles. The first kappa shape index (κ1) is 11.5. The number of carbonyl (C=O) groups is 1. The monoisotopic (exact) mass is 261 g/mol. The fourth-order valence-corrected chi connectivity index (χ4v) is 2.29. The molecule has 1 amide bonds. The van der Waals surface area contributed by atoms with Crippen molar-refractivity contribution in [2.75, 3.05) is 6.54 Å². The molecule has 19 heavy (non-hydrogen) atoms. The van der Waals surface area contributed by atoms with Crippen molar-refractivity contribution in [1.82, 2.24) is 9.88 Å². The molecule has 1 fully saturated rings. The van der Waals surface area contributed by atoms with E-state index in [4.69, 9.17) is 4.74 Å². The van der Waals surface area contributed by atoms with Gasteiger partial charge < -0.3 is 14.6 Å². The van der Waals surface area contributed by atoms with Crippen LogP contribution in [0.5, 0.6) is 0 Å². The highest BCUT2D eigenvalue weighted by Crippen LogP contribution is 2.26. The Balaban J connectivity index is 1.99. The largest absolute Gasteiger partial charge is 0.442 e. The number of non-ortho nitro benzene ring substituents is 1. The molecule has 0 bridgehead atoms. The van der Waals surface area contributed by atoms with Crippen LogP contribution in [0.4, 0.5) is 10.5 Å². The third kappa shape index (κ3) is 1.99. The fraction of sp³-hybridized carbons (Fsp3) is 0.250. The minimum atomic E-state index is -0.448. The van der Waals surface area contributed by atoms with Gasteiger partial charge in [-0.2, -0.15) is 0 Å². The van der Waals surface area contributed by atoms with Crippen LogP contribution in [-0.4, -0.2) is 28.2 Å². The number of fused-ring (bicyclic) bond motifs is 1. The van der Waals surface area contributed by atoms with Gasteiger partial charge in [-0.05, 0) is 6.07 Å². The van der Waals surface area contributed by atoms with E-state index >= 15 is 0 Å². The molecule has 0 spiro atoms. The molecule has 7 nitrogen and oxygen atoms in total. The number of nitrogens with one attached hydrogen (secondary N) is 1. The summed E-state index contributed by atoms with van der Waals surface area (Å²) in [5.41, 5.74) is 0.607. The third-order valence-corrected chi connectivity index (χ3v) is 3.11. The molecular weight excluding hydrogens is 250 g/mol. The van der Waals surface area contributed by atoms with E-state index in [1.807, 2.05) is 12.1 Å². The van der Waals surface area contributed by atoms with Crippen LogP contribution in [0.1, 0.15) is 0 Å². The van der Waals surface area contributed by atoms with Gasteiger partial charge in [-0.15, -0.1) is 0 Å². The zero-order chi connectivity index (χ0) is 13.4. The van der Waals surface area contributed by atoms with E-state index < -0.39 is 11.0 Å². The number of nitro benzene ring substituents is 1. The number of para-hydroxylation sites is 1. The van der Waals surface area contributed by atoms with Crippen LogP contribution in [0.15, 0.2) is 30.5 Å². The summed E-state index contributed by atoms with van der Waals surface area (Å²) in [6.45, 7) is 0.812. The summed E-state index contributed by atoms with van der Waals surface area (Å²) in [7, 11) is 0. The molecule has 1 N–H and O–H groups in total. The van der Waals surface area contributed by atoms with Gasteiger partial charge >= 0.3 is 6.09 Å². The van der Waals surface area contributed by atoms with Crippen molar-refractivity contribution in [3.63, 3.8) is 0 Å². The Kier molecular flexibility index (Phi) is 2.59. The number of hydrogen-bond acceptors (Lipinski definition) is 4. The van der Waals surface area contributed by atoms with Crippen LogP contribution >= 0.6 is 0 Å². The summed E-state index contributed by atoms with van der Waals surface area (Å²) in [6, 6.07) is 6.75. The van der Waals surface area contributed by atoms with E-state index in [-0.39, 0.29) is 11.8 Å². The first-order chi connectivity index (χ1) is 9.15. The number of aromatic nitrogens is 1. The van der Waals surface area contributed by atoms with Crippen LogP contribution in [0.25, 0.3) is 10.9 Å². The molecule has 1 atom stereocenters. The van der Waals surface area contributed by atoms with Gasteiger partial charge in [0.2, 0.25) is 0 Å². The van der Waals surface area contributed by atoms with Gasteiger partial charge in [-0.3, -0.25) is 10.1 Å². The van der Waals surface area contributed by atoms with Gasteiger partial charge in [0, 0.05) is 17.6 Å². The molecule has 1 saturated heterocycles. The molecule has 1 aromatic carbocycles. The van der Waals surface area contributed by atoms with Crippen molar-refractivity contribution in [2.24, 2.45) is 0 Å². The normalized spacial score (nSPS) is 18.3. The van der Waals surface area contributed by atoms with E-state index in [2.05, 4.69) is 5.32 Å². The Morgan fingerprint density at radius 3 is 3.00 bits per heavy atom. The topological polar surface area (TPSA) is 86.4 Å². The second-order valence-electron chi connectivity index (χ2n) is 4.35. The highest BCUT2D eigenvalue weighted by Gasteiger charge is 2.24. The number of nitrogens with zero attached hydrogens (tertiary/aromatic N) is 2. The SMILES string of the molecule is O=C1NCC(Cn2ccc3cccc([N+](=O)[O-])c32)O1. The van der Waals surface area contributed by atoms with Gasteiger partial charge in [-0.1, -0.05) is 12.1 Å². The van der Waals surface area contributed by atoms with Gasteiger partial charge in [0.15, 0.2) is 0 Å². The minimum absolute atomic E-state index is 0.0554. The summed E-state index contributed by atoms with van der Waals surface area (Å²) in [5.74, 6) is 0. The zero-order valence-corrected chi connectivity index (χ0v) is 9.91. The Hall–Kier alpha value is -2.57. The first-order valence-corrected chi connectivity index (χ1v) is 5.82. The molecule has 1 aliphatic heterocycles. The number of cyclic esters (lactones) is 1. The van der Waals surface area contributed by atoms with E-state index in [1.54, 1.807) is 16.8 Å². The van der Waals surface area contributed by atoms with Crippen molar-refractivity contribution in [3.8, 4) is 0 Å². The van der Waals surface area contributed by atoms with Gasteiger partial charge in [0.1, 0.15) is 11.6 Å². The highest BCUT2D eigenvalue weighted by molar-refractivity contribution is 5.88. The number of ether oxygens (including phenoxy) is 1. The first-order valence-electron chi connectivity index (χ1n) is 5.82. The molecule has 0 aliphatic carbocycles. The smallest absolute Gasteiger partial charge is 0.407 e. The average Bonchev–Trinajstić information content (AvgIpc) is 2.97. The molecule has 2 aromatic rings. The predicted molar refractivity (Wildman–Crippen MR) is 66.9 cm³/mol. The fourth-order valence-electron chi connectivity index (χ4n) is 2.29. The van der Waals surface area contributed by atoms with Crippen LogP contribution in [0.3, 0.4) is 0 Å². The maximum Gasteiger partial charge on any atom is 0.407 e. The molecule has 0 saturated carbocycles. The van der Waals surface area contributed by atoms with Crippen LogP contribution in [0.2, 0.25) is 0 Å². The summed E-state index contributed by atoms with van der Waals surface area (Å²) >= 11 is 0. The van der Waals surface area contributed by atoms with Crippen molar-refractivity contribution < 1.29 is 14.5 Å². The summed E-state index contributed by atoms with van der Waals surface area (Å²) in [5, 5.41) is 14.4. The van der Waals surface area contributed by atoms with E-state index in [9.17, 15) is 14.9 Å². The lowest BCUT2D eigenvalue weighted by Crippen LogP contribution is -2.20. The van der Waals surface area contributed by atoms with Crippen LogP contribution in [-0.2, 0) is 11.3 Å². The molecule has 0 radical (unpaired) electrons. The highest BCUT2D eigenvalue weighted by atomic mass is 16.6. The van der Waals surface area contributed by atoms with E-state index in [1.165, 1.54) is 6.07 Å². The predicted octanol–water partition coefficient (Wildman–Crippen LogP) is 1.66. The minimum Gasteiger partial charge on any atom is -0.442 e. The van der Waals surface area contributed by atoms with E-state index in [0.717, 1.165) is 5.39 Å². The number of alkyl carbamates (subject to hydrolysis) is 1. The van der Waals surface area contributed by atoms with Crippen molar-refractivity contribution in [3.05, 3.63) is 40.6 Å². The van der Waals surface area contributed by atoms with E-state index in [0.29, 0.717) is 18.6 Å². The second kappa shape index (κ2) is 4.27. The number of hydrogen-bond donors (Lipinski definition) is 1.